The van der Waals surface area contributed by atoms with Crippen molar-refractivity contribution in [3.63, 3.8) is 0 Å². The van der Waals surface area contributed by atoms with E-state index in [4.69, 9.17) is 23.6 Å². The lowest BCUT2D eigenvalue weighted by molar-refractivity contribution is -0.154. The molecule has 0 radical (unpaired) electrons. The van der Waals surface area contributed by atoms with Crippen molar-refractivity contribution >= 4 is 13.8 Å². The molecule has 3 unspecified atom stereocenters. The van der Waals surface area contributed by atoms with Crippen LogP contribution in [0.1, 0.15) is 258 Å². The van der Waals surface area contributed by atoms with Crippen LogP contribution in [0.3, 0.4) is 0 Å². The fourth-order valence-corrected chi connectivity index (χ4v) is 8.56. The summed E-state index contributed by atoms with van der Waals surface area (Å²) >= 11 is 0. The molecule has 0 spiro atoms. The number of hydrogen-bond donors (Lipinski definition) is 3. The molecule has 0 aliphatic rings. The number of aliphatic hydroxyl groups excluding tert-OH is 2. The van der Waals surface area contributed by atoms with E-state index < -0.39 is 33.2 Å². The van der Waals surface area contributed by atoms with Crippen LogP contribution < -0.4 is 0 Å². The summed E-state index contributed by atoms with van der Waals surface area (Å²) in [5.74, 6) is -0.387. The van der Waals surface area contributed by atoms with E-state index in [1.54, 1.807) is 0 Å². The summed E-state index contributed by atoms with van der Waals surface area (Å²) in [6.07, 6.45) is 62.2. The maximum Gasteiger partial charge on any atom is 0.472 e. The maximum absolute atomic E-state index is 12.7. The number of unbranched alkanes of at least 4 members (excludes halogenated alkanes) is 31. The molecule has 10 heteroatoms. The number of allylic oxidation sites excluding steroid dienone is 8. The number of phosphoric acid groups is 1. The van der Waals surface area contributed by atoms with Gasteiger partial charge in [0.25, 0.3) is 0 Å². The molecule has 0 bridgehead atoms. The molecule has 0 saturated carbocycles. The van der Waals surface area contributed by atoms with Crippen LogP contribution in [-0.2, 0) is 27.9 Å². The summed E-state index contributed by atoms with van der Waals surface area (Å²) in [6, 6.07) is 0. The predicted molar refractivity (Wildman–Crippen MR) is 279 cm³/mol. The molecule has 0 rings (SSSR count). The van der Waals surface area contributed by atoms with E-state index in [-0.39, 0.29) is 25.6 Å². The van der Waals surface area contributed by atoms with Gasteiger partial charge in [-0.05, 0) is 77.0 Å². The molecule has 66 heavy (non-hydrogen) atoms. The van der Waals surface area contributed by atoms with E-state index in [0.717, 1.165) is 64.2 Å². The van der Waals surface area contributed by atoms with Crippen LogP contribution in [-0.4, -0.2) is 66.3 Å². The van der Waals surface area contributed by atoms with Gasteiger partial charge in [-0.2, -0.15) is 0 Å². The van der Waals surface area contributed by atoms with Gasteiger partial charge in [0.05, 0.1) is 26.4 Å². The van der Waals surface area contributed by atoms with Crippen LogP contribution in [0.5, 0.6) is 0 Å². The molecule has 0 aromatic heterocycles. The Morgan fingerprint density at radius 3 is 1.24 bits per heavy atom. The Bertz CT molecular complexity index is 1170. The first-order valence-corrected chi connectivity index (χ1v) is 29.1. The van der Waals surface area contributed by atoms with Crippen molar-refractivity contribution in [2.75, 3.05) is 33.0 Å². The molecule has 0 heterocycles. The van der Waals surface area contributed by atoms with Gasteiger partial charge in [-0.25, -0.2) is 4.57 Å². The average Bonchev–Trinajstić information content (AvgIpc) is 3.31. The van der Waals surface area contributed by atoms with Gasteiger partial charge in [0.1, 0.15) is 12.2 Å². The van der Waals surface area contributed by atoms with Gasteiger partial charge in [0.2, 0.25) is 0 Å². The number of hydrogen-bond acceptors (Lipinski definition) is 8. The predicted octanol–water partition coefficient (Wildman–Crippen LogP) is 16.5. The number of ether oxygens (including phenoxy) is 2. The van der Waals surface area contributed by atoms with Crippen LogP contribution >= 0.6 is 7.82 Å². The van der Waals surface area contributed by atoms with Crippen molar-refractivity contribution in [1.82, 2.24) is 0 Å². The van der Waals surface area contributed by atoms with Crippen molar-refractivity contribution in [3.8, 4) is 0 Å². The molecule has 0 aromatic rings. The van der Waals surface area contributed by atoms with Crippen molar-refractivity contribution in [2.45, 2.75) is 270 Å². The van der Waals surface area contributed by atoms with Crippen LogP contribution in [0.15, 0.2) is 48.6 Å². The Hall–Kier alpha value is -1.58. The SMILES string of the molecule is CCCCCCC/C=C\C/C=C\C/C=C\CCCCCCCCCCC(=O)OC(COCCCCCCCCCCCC/C=C\CCCCCCCCCC)COP(=O)(O)OCC(O)CO. The zero-order valence-corrected chi connectivity index (χ0v) is 43.8. The van der Waals surface area contributed by atoms with Crippen molar-refractivity contribution in [1.29, 1.82) is 0 Å². The lowest BCUT2D eigenvalue weighted by atomic mass is 10.1. The average molecular weight is 953 g/mol. The van der Waals surface area contributed by atoms with Gasteiger partial charge >= 0.3 is 13.8 Å². The van der Waals surface area contributed by atoms with Gasteiger partial charge in [0.15, 0.2) is 0 Å². The lowest BCUT2D eigenvalue weighted by Gasteiger charge is -2.20. The quantitative estimate of drug-likeness (QED) is 0.0236. The Kier molecular flexibility index (Phi) is 51.5. The van der Waals surface area contributed by atoms with Crippen molar-refractivity contribution in [2.24, 2.45) is 0 Å². The highest BCUT2D eigenvalue weighted by molar-refractivity contribution is 7.47. The number of esters is 1. The molecule has 9 nitrogen and oxygen atoms in total. The molecule has 0 aliphatic heterocycles. The van der Waals surface area contributed by atoms with Crippen LogP contribution in [0.25, 0.3) is 0 Å². The topological polar surface area (TPSA) is 132 Å². The van der Waals surface area contributed by atoms with E-state index in [1.165, 1.54) is 173 Å². The minimum Gasteiger partial charge on any atom is -0.457 e. The second-order valence-electron chi connectivity index (χ2n) is 18.6. The van der Waals surface area contributed by atoms with E-state index in [9.17, 15) is 19.4 Å². The van der Waals surface area contributed by atoms with Crippen LogP contribution in [0.4, 0.5) is 0 Å². The van der Waals surface area contributed by atoms with Crippen molar-refractivity contribution in [3.05, 3.63) is 48.6 Å². The minimum absolute atomic E-state index is 0.0457. The third-order valence-corrected chi connectivity index (χ3v) is 12.9. The molecule has 3 N–H and O–H groups in total. The molecule has 3 atom stereocenters. The van der Waals surface area contributed by atoms with Crippen LogP contribution in [0, 0.1) is 0 Å². The number of rotatable bonds is 53. The highest BCUT2D eigenvalue weighted by Gasteiger charge is 2.26. The lowest BCUT2D eigenvalue weighted by Crippen LogP contribution is -2.29. The Morgan fingerprint density at radius 2 is 0.818 bits per heavy atom. The fourth-order valence-electron chi connectivity index (χ4n) is 7.77. The number of aliphatic hydroxyl groups is 2. The molecule has 0 aromatic carbocycles. The normalized spacial score (nSPS) is 14.1. The standard InChI is InChI=1S/C56H105O9P/c1-3-5-7-9-11-13-15-17-19-21-23-25-27-28-30-32-34-36-38-40-42-44-46-48-56(59)65-55(53-64-66(60,61)63-51-54(58)50-57)52-62-49-47-45-43-41-39-37-35-33-31-29-26-24-22-20-18-16-14-12-10-8-6-4-2/h15,17,21-24,27-28,54-55,57-58H,3-14,16,18-20,25-26,29-53H2,1-2H3,(H,60,61)/b17-15-,23-21-,24-22-,28-27-. The molecule has 0 fully saturated rings. The molecule has 0 aliphatic carbocycles. The Morgan fingerprint density at radius 1 is 0.470 bits per heavy atom. The third kappa shape index (κ3) is 51.8. The molecule has 388 valence electrons. The minimum atomic E-state index is -4.53. The van der Waals surface area contributed by atoms with Gasteiger partial charge in [-0.1, -0.05) is 223 Å². The number of carbonyl (C=O) groups is 1. The smallest absolute Gasteiger partial charge is 0.457 e. The first-order valence-electron chi connectivity index (χ1n) is 27.6. The maximum atomic E-state index is 12.7. The van der Waals surface area contributed by atoms with Crippen molar-refractivity contribution < 1.29 is 43.0 Å². The van der Waals surface area contributed by atoms with Gasteiger partial charge in [0, 0.05) is 13.0 Å². The first-order chi connectivity index (χ1) is 32.3. The zero-order valence-electron chi connectivity index (χ0n) is 42.9. The Labute approximate surface area is 407 Å². The molecule has 0 amide bonds. The number of carbonyl (C=O) groups excluding carboxylic acids is 1. The third-order valence-electron chi connectivity index (χ3n) is 12.0. The summed E-state index contributed by atoms with van der Waals surface area (Å²) in [6.45, 7) is 3.53. The van der Waals surface area contributed by atoms with Crippen LogP contribution in [0.2, 0.25) is 0 Å². The second-order valence-corrected chi connectivity index (χ2v) is 20.1. The van der Waals surface area contributed by atoms with E-state index >= 15 is 0 Å². The fraction of sp³-hybridized carbons (Fsp3) is 0.839. The molecular formula is C56H105O9P. The molecular weight excluding hydrogens is 848 g/mol. The summed E-state index contributed by atoms with van der Waals surface area (Å²) in [4.78, 5) is 22.7. The van der Waals surface area contributed by atoms with E-state index in [1.807, 2.05) is 0 Å². The van der Waals surface area contributed by atoms with E-state index in [2.05, 4.69) is 62.5 Å². The Balaban J connectivity index is 4.06. The van der Waals surface area contributed by atoms with Gasteiger partial charge in [-0.3, -0.25) is 13.8 Å². The monoisotopic (exact) mass is 953 g/mol. The summed E-state index contributed by atoms with van der Waals surface area (Å²) in [5, 5.41) is 18.4. The highest BCUT2D eigenvalue weighted by Crippen LogP contribution is 2.43. The highest BCUT2D eigenvalue weighted by atomic mass is 31.2. The van der Waals surface area contributed by atoms with Gasteiger partial charge in [-0.15, -0.1) is 0 Å². The second kappa shape index (κ2) is 52.8. The number of phosphoric ester groups is 1. The summed E-state index contributed by atoms with van der Waals surface area (Å²) in [7, 11) is -4.53. The molecule has 0 saturated heterocycles. The summed E-state index contributed by atoms with van der Waals surface area (Å²) < 4.78 is 33.6. The first kappa shape index (κ1) is 64.4. The summed E-state index contributed by atoms with van der Waals surface area (Å²) in [5.41, 5.74) is 0. The largest absolute Gasteiger partial charge is 0.472 e. The van der Waals surface area contributed by atoms with E-state index in [0.29, 0.717) is 6.61 Å². The zero-order chi connectivity index (χ0) is 48.1. The van der Waals surface area contributed by atoms with Gasteiger partial charge < -0.3 is 24.6 Å².